The molecule has 1 aromatic heterocycles. The Balaban J connectivity index is 0.000000221. The summed E-state index contributed by atoms with van der Waals surface area (Å²) in [5, 5.41) is 10.5. The number of aromatic amines is 1. The maximum absolute atomic E-state index is 9.19. The Morgan fingerprint density at radius 3 is 2.88 bits per heavy atom. The predicted octanol–water partition coefficient (Wildman–Crippen LogP) is 2.71. The highest BCUT2D eigenvalue weighted by atomic mass is 35.5. The van der Waals surface area contributed by atoms with Crippen LogP contribution in [0.2, 0.25) is 5.02 Å². The number of hydrogen-bond donors (Lipinski definition) is 2. The van der Waals surface area contributed by atoms with Gasteiger partial charge >= 0.3 is 0 Å². The lowest BCUT2D eigenvalue weighted by Crippen LogP contribution is -1.80. The van der Waals surface area contributed by atoms with Crippen molar-refractivity contribution < 1.29 is 14.6 Å². The quantitative estimate of drug-likeness (QED) is 0.795. The Labute approximate surface area is 97.8 Å². The number of ether oxygens (including phenoxy) is 1. The van der Waals surface area contributed by atoms with E-state index in [0.717, 1.165) is 10.9 Å². The van der Waals surface area contributed by atoms with Crippen LogP contribution in [0.25, 0.3) is 10.9 Å². The minimum atomic E-state index is 0.124. The van der Waals surface area contributed by atoms with E-state index in [-0.39, 0.29) is 5.75 Å². The van der Waals surface area contributed by atoms with E-state index >= 15 is 0 Å². The van der Waals surface area contributed by atoms with E-state index in [0.29, 0.717) is 18.1 Å². The monoisotopic (exact) mass is 241 g/mol. The number of rotatable bonds is 2. The summed E-state index contributed by atoms with van der Waals surface area (Å²) in [7, 11) is 0. The number of H-pyrrole nitrogens is 1. The van der Waals surface area contributed by atoms with E-state index in [9.17, 15) is 9.90 Å². The molecule has 0 aliphatic rings. The average Bonchev–Trinajstić information content (AvgIpc) is 2.68. The molecule has 0 amide bonds. The van der Waals surface area contributed by atoms with Gasteiger partial charge in [-0.3, -0.25) is 4.79 Å². The van der Waals surface area contributed by atoms with Crippen molar-refractivity contribution in [2.45, 2.75) is 6.92 Å². The van der Waals surface area contributed by atoms with Crippen molar-refractivity contribution in [2.24, 2.45) is 0 Å². The van der Waals surface area contributed by atoms with Crippen molar-refractivity contribution in [1.29, 1.82) is 0 Å². The number of carbonyl (C=O) groups is 1. The highest BCUT2D eigenvalue weighted by molar-refractivity contribution is 6.32. The van der Waals surface area contributed by atoms with Crippen molar-refractivity contribution in [3.63, 3.8) is 0 Å². The molecule has 2 N–H and O–H groups in total. The van der Waals surface area contributed by atoms with Gasteiger partial charge in [0.2, 0.25) is 0 Å². The van der Waals surface area contributed by atoms with Gasteiger partial charge in [0.25, 0.3) is 6.47 Å². The van der Waals surface area contributed by atoms with Crippen molar-refractivity contribution in [1.82, 2.24) is 4.98 Å². The summed E-state index contributed by atoms with van der Waals surface area (Å²) >= 11 is 5.67. The molecule has 1 aromatic carbocycles. The Hall–Kier alpha value is -1.68. The molecule has 2 aromatic rings. The number of phenols is 1. The standard InChI is InChI=1S/C8H6ClNO.C3H6O2/c9-6-4-7-5(1-2-10-7)3-8(6)11;1-2-5-3-4/h1-4,10-11H;3H,2H2,1H3. The third kappa shape index (κ3) is 3.17. The molecular formula is C11H12ClNO3. The van der Waals surface area contributed by atoms with Crippen LogP contribution in [0.1, 0.15) is 6.92 Å². The predicted molar refractivity (Wildman–Crippen MR) is 62.7 cm³/mol. The summed E-state index contributed by atoms with van der Waals surface area (Å²) in [6.07, 6.45) is 1.81. The Morgan fingerprint density at radius 1 is 1.56 bits per heavy atom. The van der Waals surface area contributed by atoms with Crippen LogP contribution in [0.15, 0.2) is 24.4 Å². The Kier molecular flexibility index (Phi) is 4.66. The maximum atomic E-state index is 9.19. The van der Waals surface area contributed by atoms with Gasteiger partial charge in [-0.25, -0.2) is 0 Å². The molecule has 0 unspecified atom stereocenters. The van der Waals surface area contributed by atoms with Crippen LogP contribution in [0.3, 0.4) is 0 Å². The van der Waals surface area contributed by atoms with Gasteiger partial charge in [-0.2, -0.15) is 0 Å². The first-order chi connectivity index (χ1) is 7.69. The van der Waals surface area contributed by atoms with E-state index in [1.807, 2.05) is 6.07 Å². The molecule has 0 fully saturated rings. The zero-order chi connectivity index (χ0) is 12.0. The van der Waals surface area contributed by atoms with E-state index in [1.54, 1.807) is 25.3 Å². The number of nitrogens with one attached hydrogen (secondary N) is 1. The van der Waals surface area contributed by atoms with E-state index < -0.39 is 0 Å². The average molecular weight is 242 g/mol. The van der Waals surface area contributed by atoms with Gasteiger partial charge in [-0.05, 0) is 25.1 Å². The molecule has 0 spiro atoms. The second-order valence-corrected chi connectivity index (χ2v) is 3.33. The third-order valence-electron chi connectivity index (χ3n) is 1.86. The fourth-order valence-corrected chi connectivity index (χ4v) is 1.29. The number of aromatic hydroxyl groups is 1. The highest BCUT2D eigenvalue weighted by Gasteiger charge is 2.00. The summed E-state index contributed by atoms with van der Waals surface area (Å²) in [5.41, 5.74) is 0.938. The van der Waals surface area contributed by atoms with Crippen LogP contribution in [0.4, 0.5) is 0 Å². The van der Waals surface area contributed by atoms with Crippen LogP contribution >= 0.6 is 11.6 Å². The number of benzene rings is 1. The van der Waals surface area contributed by atoms with Gasteiger partial charge in [-0.15, -0.1) is 0 Å². The minimum Gasteiger partial charge on any atom is -0.506 e. The van der Waals surface area contributed by atoms with Gasteiger partial charge < -0.3 is 14.8 Å². The summed E-state index contributed by atoms with van der Waals surface area (Å²) in [6.45, 7) is 2.66. The number of carbonyl (C=O) groups excluding carboxylic acids is 1. The van der Waals surface area contributed by atoms with Crippen LogP contribution in [-0.4, -0.2) is 23.2 Å². The fourth-order valence-electron chi connectivity index (χ4n) is 1.13. The molecule has 0 aliphatic carbocycles. The molecule has 16 heavy (non-hydrogen) atoms. The summed E-state index contributed by atoms with van der Waals surface area (Å²) in [5.74, 6) is 0.124. The molecule has 1 heterocycles. The number of phenolic OH excluding ortho intramolecular Hbond substituents is 1. The smallest absolute Gasteiger partial charge is 0.293 e. The van der Waals surface area contributed by atoms with E-state index in [1.165, 1.54) is 0 Å². The zero-order valence-electron chi connectivity index (χ0n) is 8.74. The van der Waals surface area contributed by atoms with Crippen LogP contribution in [-0.2, 0) is 9.53 Å². The highest BCUT2D eigenvalue weighted by Crippen LogP contribution is 2.27. The van der Waals surface area contributed by atoms with Gasteiger partial charge in [0.05, 0.1) is 11.6 Å². The van der Waals surface area contributed by atoms with Crippen LogP contribution in [0, 0.1) is 0 Å². The molecule has 0 radical (unpaired) electrons. The first-order valence-corrected chi connectivity index (χ1v) is 5.07. The van der Waals surface area contributed by atoms with E-state index in [4.69, 9.17) is 11.6 Å². The first kappa shape index (κ1) is 12.4. The van der Waals surface area contributed by atoms with Gasteiger partial charge in [0.15, 0.2) is 0 Å². The van der Waals surface area contributed by atoms with Gasteiger partial charge in [0, 0.05) is 17.1 Å². The zero-order valence-corrected chi connectivity index (χ0v) is 9.49. The topological polar surface area (TPSA) is 62.3 Å². The number of halogens is 1. The first-order valence-electron chi connectivity index (χ1n) is 4.70. The Morgan fingerprint density at radius 2 is 2.31 bits per heavy atom. The number of fused-ring (bicyclic) bond motifs is 1. The molecule has 0 bridgehead atoms. The lowest BCUT2D eigenvalue weighted by molar-refractivity contribution is -0.128. The van der Waals surface area contributed by atoms with Crippen molar-refractivity contribution in [3.05, 3.63) is 29.4 Å². The largest absolute Gasteiger partial charge is 0.506 e. The summed E-state index contributed by atoms with van der Waals surface area (Å²) < 4.78 is 4.15. The van der Waals surface area contributed by atoms with Crippen molar-refractivity contribution in [3.8, 4) is 5.75 Å². The number of hydrogen-bond acceptors (Lipinski definition) is 3. The normalized spacial score (nSPS) is 9.38. The Bertz CT molecular complexity index is 431. The molecule has 0 saturated carbocycles. The lowest BCUT2D eigenvalue weighted by atomic mass is 10.2. The maximum Gasteiger partial charge on any atom is 0.293 e. The molecule has 86 valence electrons. The van der Waals surface area contributed by atoms with Crippen molar-refractivity contribution in [2.75, 3.05) is 6.61 Å². The van der Waals surface area contributed by atoms with E-state index in [2.05, 4.69) is 9.72 Å². The van der Waals surface area contributed by atoms with Crippen LogP contribution in [0.5, 0.6) is 5.75 Å². The second-order valence-electron chi connectivity index (χ2n) is 2.92. The SMILES string of the molecule is CCOC=O.Oc1cc2cc[nH]c2cc1Cl. The summed E-state index contributed by atoms with van der Waals surface area (Å²) in [6, 6.07) is 5.21. The fraction of sp³-hybridized carbons (Fsp3) is 0.182. The molecule has 0 saturated heterocycles. The van der Waals surface area contributed by atoms with Gasteiger partial charge in [-0.1, -0.05) is 11.6 Å². The molecule has 2 rings (SSSR count). The van der Waals surface area contributed by atoms with Gasteiger partial charge in [0.1, 0.15) is 5.75 Å². The molecule has 5 heteroatoms. The minimum absolute atomic E-state index is 0.124. The number of aromatic nitrogens is 1. The molecule has 0 aliphatic heterocycles. The third-order valence-corrected chi connectivity index (χ3v) is 2.16. The van der Waals surface area contributed by atoms with Crippen molar-refractivity contribution >= 4 is 29.0 Å². The van der Waals surface area contributed by atoms with Crippen LogP contribution < -0.4 is 0 Å². The summed E-state index contributed by atoms with van der Waals surface area (Å²) in [4.78, 5) is 12.2. The lowest BCUT2D eigenvalue weighted by Gasteiger charge is -1.95. The molecule has 4 nitrogen and oxygen atoms in total. The second kappa shape index (κ2) is 6.02. The molecule has 0 atom stereocenters. The molecular weight excluding hydrogens is 230 g/mol.